The van der Waals surface area contributed by atoms with Crippen molar-refractivity contribution >= 4 is 21.7 Å². The third-order valence-corrected chi connectivity index (χ3v) is 7.07. The van der Waals surface area contributed by atoms with E-state index in [-0.39, 0.29) is 29.4 Å². The molecule has 0 fully saturated rings. The molecule has 8 heteroatoms. The number of aromatic carboxylic acids is 1. The number of benzene rings is 3. The second kappa shape index (κ2) is 9.40. The molecular formula is C24H24FNO5S. The Morgan fingerprint density at radius 3 is 2.22 bits per heavy atom. The van der Waals surface area contributed by atoms with Crippen LogP contribution in [0.4, 0.5) is 10.1 Å². The van der Waals surface area contributed by atoms with Gasteiger partial charge in [-0.2, -0.15) is 0 Å². The third kappa shape index (κ3) is 4.91. The Balaban J connectivity index is 1.84. The zero-order valence-electron chi connectivity index (χ0n) is 18.0. The van der Waals surface area contributed by atoms with Crippen molar-refractivity contribution in [2.75, 3.05) is 10.8 Å². The van der Waals surface area contributed by atoms with Gasteiger partial charge in [-0.25, -0.2) is 17.6 Å². The summed E-state index contributed by atoms with van der Waals surface area (Å²) in [6.45, 7) is 5.45. The average molecular weight is 458 g/mol. The summed E-state index contributed by atoms with van der Waals surface area (Å²) < 4.78 is 46.5. The number of hydrogen-bond acceptors (Lipinski definition) is 4. The van der Waals surface area contributed by atoms with Gasteiger partial charge in [0.05, 0.1) is 16.1 Å². The summed E-state index contributed by atoms with van der Waals surface area (Å²) in [4.78, 5) is 11.5. The van der Waals surface area contributed by atoms with Crippen LogP contribution < -0.4 is 9.04 Å². The molecule has 32 heavy (non-hydrogen) atoms. The predicted octanol–water partition coefficient (Wildman–Crippen LogP) is 4.93. The lowest BCUT2D eigenvalue weighted by Gasteiger charge is -2.24. The van der Waals surface area contributed by atoms with E-state index < -0.39 is 16.0 Å². The van der Waals surface area contributed by atoms with Gasteiger partial charge in [0.25, 0.3) is 10.0 Å². The van der Waals surface area contributed by atoms with Crippen molar-refractivity contribution in [2.24, 2.45) is 0 Å². The van der Waals surface area contributed by atoms with E-state index in [9.17, 15) is 22.7 Å². The van der Waals surface area contributed by atoms with Crippen molar-refractivity contribution in [1.29, 1.82) is 0 Å². The van der Waals surface area contributed by atoms with Crippen LogP contribution in [-0.2, 0) is 16.6 Å². The Hall–Kier alpha value is -3.39. The van der Waals surface area contributed by atoms with Crippen LogP contribution in [0, 0.1) is 19.7 Å². The number of halogens is 1. The van der Waals surface area contributed by atoms with Crippen LogP contribution >= 0.6 is 0 Å². The first-order valence-electron chi connectivity index (χ1n) is 9.98. The average Bonchev–Trinajstić information content (AvgIpc) is 2.76. The van der Waals surface area contributed by atoms with Gasteiger partial charge in [0.15, 0.2) is 0 Å². The Labute approximate surface area is 186 Å². The highest BCUT2D eigenvalue weighted by Crippen LogP contribution is 2.28. The minimum absolute atomic E-state index is 0.0378. The van der Waals surface area contributed by atoms with E-state index >= 15 is 0 Å². The molecule has 1 N–H and O–H groups in total. The summed E-state index contributed by atoms with van der Waals surface area (Å²) in [6, 6.07) is 15.2. The minimum Gasteiger partial charge on any atom is -0.489 e. The first-order valence-corrected chi connectivity index (χ1v) is 11.4. The van der Waals surface area contributed by atoms with Crippen LogP contribution in [0.5, 0.6) is 5.75 Å². The third-order valence-electron chi connectivity index (χ3n) is 5.19. The fraction of sp³-hybridized carbons (Fsp3) is 0.208. The number of ether oxygens (including phenoxy) is 1. The molecule has 0 radical (unpaired) electrons. The number of carboxylic acids is 1. The Bertz CT molecular complexity index is 1220. The number of carbonyl (C=O) groups is 1. The number of sulfonamides is 1. The lowest BCUT2D eigenvalue weighted by Crippen LogP contribution is -2.31. The highest BCUT2D eigenvalue weighted by Gasteiger charge is 2.26. The zero-order chi connectivity index (χ0) is 23.5. The predicted molar refractivity (Wildman–Crippen MR) is 120 cm³/mol. The molecule has 0 amide bonds. The quantitative estimate of drug-likeness (QED) is 0.518. The number of aryl methyl sites for hydroxylation is 1. The molecule has 3 rings (SSSR count). The largest absolute Gasteiger partial charge is 0.489 e. The number of anilines is 1. The number of hydrogen-bond donors (Lipinski definition) is 1. The normalized spacial score (nSPS) is 11.2. The van der Waals surface area contributed by atoms with Gasteiger partial charge in [-0.1, -0.05) is 12.1 Å². The monoisotopic (exact) mass is 457 g/mol. The molecule has 6 nitrogen and oxygen atoms in total. The van der Waals surface area contributed by atoms with Crippen molar-refractivity contribution in [1.82, 2.24) is 0 Å². The first-order chi connectivity index (χ1) is 15.1. The van der Waals surface area contributed by atoms with Crippen molar-refractivity contribution in [3.8, 4) is 5.75 Å². The van der Waals surface area contributed by atoms with Crippen LogP contribution in [0.15, 0.2) is 65.6 Å². The highest BCUT2D eigenvalue weighted by atomic mass is 32.2. The van der Waals surface area contributed by atoms with Gasteiger partial charge in [0.1, 0.15) is 18.2 Å². The SMILES string of the molecule is CCN(c1ccc(OCc2ccc(F)cc2)cc1)S(=O)(=O)c1cc(C)c(C)c(C(=O)O)c1. The maximum absolute atomic E-state index is 13.3. The summed E-state index contributed by atoms with van der Waals surface area (Å²) in [5.74, 6) is -0.961. The Morgan fingerprint density at radius 2 is 1.66 bits per heavy atom. The molecule has 0 spiro atoms. The van der Waals surface area contributed by atoms with Gasteiger partial charge in [-0.15, -0.1) is 0 Å². The first kappa shape index (κ1) is 23.3. The lowest BCUT2D eigenvalue weighted by molar-refractivity contribution is 0.0695. The van der Waals surface area contributed by atoms with Gasteiger partial charge in [0, 0.05) is 6.54 Å². The summed E-state index contributed by atoms with van der Waals surface area (Å²) in [5, 5.41) is 9.43. The molecule has 0 saturated carbocycles. The van der Waals surface area contributed by atoms with E-state index in [4.69, 9.17) is 4.74 Å². The fourth-order valence-corrected chi connectivity index (χ4v) is 4.86. The van der Waals surface area contributed by atoms with Gasteiger partial charge >= 0.3 is 5.97 Å². The number of nitrogens with zero attached hydrogens (tertiary/aromatic N) is 1. The van der Waals surface area contributed by atoms with Crippen molar-refractivity contribution in [3.05, 3.63) is 88.7 Å². The lowest BCUT2D eigenvalue weighted by atomic mass is 10.0. The van der Waals surface area contributed by atoms with E-state index in [0.29, 0.717) is 22.6 Å². The van der Waals surface area contributed by atoms with Crippen LogP contribution in [0.3, 0.4) is 0 Å². The maximum Gasteiger partial charge on any atom is 0.336 e. The number of carboxylic acid groups (broad SMARTS) is 1. The topological polar surface area (TPSA) is 83.9 Å². The molecule has 0 unspecified atom stereocenters. The van der Waals surface area contributed by atoms with Crippen LogP contribution in [0.1, 0.15) is 34.0 Å². The minimum atomic E-state index is -3.98. The molecule has 3 aromatic rings. The molecule has 3 aromatic carbocycles. The molecule has 0 aliphatic carbocycles. The smallest absolute Gasteiger partial charge is 0.336 e. The Kier molecular flexibility index (Phi) is 6.84. The maximum atomic E-state index is 13.3. The zero-order valence-corrected chi connectivity index (χ0v) is 18.8. The molecule has 0 aliphatic heterocycles. The van der Waals surface area contributed by atoms with Crippen molar-refractivity contribution < 1.29 is 27.4 Å². The summed E-state index contributed by atoms with van der Waals surface area (Å²) in [7, 11) is -3.98. The van der Waals surface area contributed by atoms with Gasteiger partial charge < -0.3 is 9.84 Å². The molecular weight excluding hydrogens is 433 g/mol. The van der Waals surface area contributed by atoms with E-state index in [2.05, 4.69) is 0 Å². The molecule has 0 aliphatic rings. The second-order valence-corrected chi connectivity index (χ2v) is 9.16. The van der Waals surface area contributed by atoms with Crippen LogP contribution in [0.2, 0.25) is 0 Å². The summed E-state index contributed by atoms with van der Waals surface area (Å²) in [6.07, 6.45) is 0. The van der Waals surface area contributed by atoms with Gasteiger partial charge in [-0.3, -0.25) is 4.31 Å². The Morgan fingerprint density at radius 1 is 1.03 bits per heavy atom. The van der Waals surface area contributed by atoms with E-state index in [0.717, 1.165) is 5.56 Å². The summed E-state index contributed by atoms with van der Waals surface area (Å²) in [5.41, 5.74) is 2.31. The van der Waals surface area contributed by atoms with Crippen molar-refractivity contribution in [2.45, 2.75) is 32.3 Å². The number of rotatable bonds is 8. The van der Waals surface area contributed by atoms with Crippen LogP contribution in [0.25, 0.3) is 0 Å². The molecule has 0 aromatic heterocycles. The molecule has 0 heterocycles. The van der Waals surface area contributed by atoms with Crippen LogP contribution in [-0.4, -0.2) is 26.0 Å². The van der Waals surface area contributed by atoms with Gasteiger partial charge in [0.2, 0.25) is 0 Å². The summed E-state index contributed by atoms with van der Waals surface area (Å²) >= 11 is 0. The van der Waals surface area contributed by atoms with Crippen molar-refractivity contribution in [3.63, 3.8) is 0 Å². The molecule has 0 atom stereocenters. The fourth-order valence-electron chi connectivity index (χ4n) is 3.27. The second-order valence-electron chi connectivity index (χ2n) is 7.30. The van der Waals surface area contributed by atoms with E-state index in [1.54, 1.807) is 57.2 Å². The molecule has 0 saturated heterocycles. The molecule has 0 bridgehead atoms. The molecule has 168 valence electrons. The van der Waals surface area contributed by atoms with E-state index in [1.165, 1.54) is 28.6 Å². The van der Waals surface area contributed by atoms with E-state index in [1.807, 2.05) is 0 Å². The highest BCUT2D eigenvalue weighted by molar-refractivity contribution is 7.92. The standard InChI is InChI=1S/C24H24FNO5S/c1-4-26(32(29,30)22-13-16(2)17(3)23(14-22)24(27)28)20-9-11-21(12-10-20)31-15-18-5-7-19(25)8-6-18/h5-14H,4,15H2,1-3H3,(H,27,28). The van der Waals surface area contributed by atoms with Gasteiger partial charge in [-0.05, 0) is 86.0 Å².